The third-order valence-corrected chi connectivity index (χ3v) is 7.28. The van der Waals surface area contributed by atoms with Gasteiger partial charge in [0.05, 0.1) is 38.0 Å². The Hall–Kier alpha value is -6.33. The second-order valence-corrected chi connectivity index (χ2v) is 10.7. The molecule has 1 amide bonds. The van der Waals surface area contributed by atoms with Gasteiger partial charge in [-0.05, 0) is 35.4 Å². The molecule has 0 saturated heterocycles. The molecule has 0 aliphatic rings. The Balaban J connectivity index is 0.000000244. The van der Waals surface area contributed by atoms with Crippen LogP contribution in [0.15, 0.2) is 126 Å². The average molecular weight is 701 g/mol. The van der Waals surface area contributed by atoms with E-state index in [2.05, 4.69) is 14.6 Å². The molecule has 5 aromatic carbocycles. The molecule has 0 radical (unpaired) electrons. The van der Waals surface area contributed by atoms with Crippen LogP contribution in [0.1, 0.15) is 31.8 Å². The first kappa shape index (κ1) is 36.5. The van der Waals surface area contributed by atoms with Gasteiger partial charge in [0.2, 0.25) is 0 Å². The number of carbonyl (C=O) groups is 2. The molecule has 256 valence electrons. The minimum Gasteiger partial charge on any atom is -0.482 e. The van der Waals surface area contributed by atoms with Gasteiger partial charge >= 0.3 is 17.3 Å². The third kappa shape index (κ3) is 10.6. The number of hydrogen-bond acceptors (Lipinski definition) is 12. The van der Waals surface area contributed by atoms with Gasteiger partial charge in [-0.15, -0.1) is 9.32 Å². The fourth-order valence-electron chi connectivity index (χ4n) is 4.20. The summed E-state index contributed by atoms with van der Waals surface area (Å²) in [7, 11) is 0. The fourth-order valence-corrected chi connectivity index (χ4v) is 4.65. The zero-order valence-electron chi connectivity index (χ0n) is 25.9. The number of anilines is 1. The summed E-state index contributed by atoms with van der Waals surface area (Å²) in [5.74, 6) is 3.15. The Morgan fingerprint density at radius 2 is 1.18 bits per heavy atom. The Kier molecular flexibility index (Phi) is 13.3. The van der Waals surface area contributed by atoms with Gasteiger partial charge in [0.1, 0.15) is 13.2 Å². The number of carboxylic acid groups (broad SMARTS) is 1. The molecule has 0 spiro atoms. The quantitative estimate of drug-likeness (QED) is 0.0455. The molecule has 0 aromatic heterocycles. The maximum Gasteiger partial charge on any atom is 0.335 e. The van der Waals surface area contributed by atoms with Crippen molar-refractivity contribution in [2.75, 3.05) is 5.32 Å². The molecule has 4 N–H and O–H groups in total. The van der Waals surface area contributed by atoms with Crippen LogP contribution in [-0.2, 0) is 22.5 Å². The molecule has 0 fully saturated rings. The van der Waals surface area contributed by atoms with Gasteiger partial charge in [0, 0.05) is 29.8 Å². The van der Waals surface area contributed by atoms with Gasteiger partial charge in [0.25, 0.3) is 5.91 Å². The molecule has 0 aliphatic heterocycles. The summed E-state index contributed by atoms with van der Waals surface area (Å²) >= 11 is 0.824. The highest BCUT2D eigenvalue weighted by Gasteiger charge is 2.20. The number of amides is 1. The van der Waals surface area contributed by atoms with Gasteiger partial charge in [-0.25, -0.2) is 4.79 Å². The molecule has 0 heterocycles. The summed E-state index contributed by atoms with van der Waals surface area (Å²) in [6, 6.07) is 32.6. The van der Waals surface area contributed by atoms with Crippen LogP contribution in [0.25, 0.3) is 0 Å². The summed E-state index contributed by atoms with van der Waals surface area (Å²) in [4.78, 5) is 49.3. The van der Waals surface area contributed by atoms with Crippen molar-refractivity contribution in [1.82, 2.24) is 0 Å². The lowest BCUT2D eigenvalue weighted by atomic mass is 10.1. The molecule has 5 rings (SSSR count). The monoisotopic (exact) mass is 700 g/mol. The molecule has 50 heavy (non-hydrogen) atoms. The number of nitrogens with zero attached hydrogens (tertiary/aromatic N) is 2. The number of carbonyl (C=O) groups excluding carboxylic acids is 1. The van der Waals surface area contributed by atoms with Crippen LogP contribution in [0.4, 0.5) is 17.1 Å². The number of para-hydroxylation sites is 1. The number of nitro benzene ring substituents is 2. The first-order valence-corrected chi connectivity index (χ1v) is 15.1. The topological polar surface area (TPSA) is 216 Å². The average Bonchev–Trinajstić information content (AvgIpc) is 3.13. The second-order valence-electron chi connectivity index (χ2n) is 9.93. The molecule has 0 bridgehead atoms. The fraction of sp³-hybridized carbons (Fsp3) is 0.0588. The molecule has 0 atom stereocenters. The van der Waals surface area contributed by atoms with Crippen molar-refractivity contribution >= 4 is 41.0 Å². The molecule has 16 heteroatoms. The number of nitro groups is 2. The van der Waals surface area contributed by atoms with E-state index in [1.54, 1.807) is 24.3 Å². The van der Waals surface area contributed by atoms with Gasteiger partial charge in [-0.1, -0.05) is 72.8 Å². The Bertz CT molecular complexity index is 1950. The lowest BCUT2D eigenvalue weighted by molar-refractivity contribution is -0.386. The number of benzene rings is 5. The summed E-state index contributed by atoms with van der Waals surface area (Å²) in [6.45, 7) is 0.257. The SMILES string of the molecule is NOOSc1ccccc1NC(=O)c1ccc([N+](=O)[O-])c(OCc2ccccc2)c1.O=C(O)c1ccc([N+](=O)[O-])c(OCc2ccccc2)c1. The van der Waals surface area contributed by atoms with Crippen molar-refractivity contribution in [2.24, 2.45) is 5.90 Å². The van der Waals surface area contributed by atoms with E-state index in [0.717, 1.165) is 35.3 Å². The lowest BCUT2D eigenvalue weighted by Gasteiger charge is -2.11. The van der Waals surface area contributed by atoms with Gasteiger partial charge in [0.15, 0.2) is 11.5 Å². The molecule has 0 unspecified atom stereocenters. The van der Waals surface area contributed by atoms with Gasteiger partial charge in [-0.2, -0.15) is 5.90 Å². The summed E-state index contributed by atoms with van der Waals surface area (Å²) in [5, 5.41) is 33.9. The van der Waals surface area contributed by atoms with Crippen molar-refractivity contribution in [3.8, 4) is 11.5 Å². The Labute approximate surface area is 288 Å². The number of nitrogens with one attached hydrogen (secondary N) is 1. The van der Waals surface area contributed by atoms with Crippen molar-refractivity contribution < 1.29 is 43.3 Å². The molecule has 15 nitrogen and oxygen atoms in total. The highest BCUT2D eigenvalue weighted by molar-refractivity contribution is 7.94. The summed E-state index contributed by atoms with van der Waals surface area (Å²) in [6.07, 6.45) is 0. The molecular weight excluding hydrogens is 672 g/mol. The normalized spacial score (nSPS) is 10.3. The van der Waals surface area contributed by atoms with E-state index in [0.29, 0.717) is 10.6 Å². The smallest absolute Gasteiger partial charge is 0.335 e. The van der Waals surface area contributed by atoms with E-state index in [9.17, 15) is 29.8 Å². The third-order valence-electron chi connectivity index (χ3n) is 6.59. The molecule has 5 aromatic rings. The Morgan fingerprint density at radius 1 is 0.700 bits per heavy atom. The predicted octanol–water partition coefficient (Wildman–Crippen LogP) is 7.13. The van der Waals surface area contributed by atoms with E-state index in [1.165, 1.54) is 24.3 Å². The van der Waals surface area contributed by atoms with Gasteiger partial charge in [-0.3, -0.25) is 25.0 Å². The Morgan fingerprint density at radius 3 is 1.68 bits per heavy atom. The number of carboxylic acids is 1. The number of nitrogens with two attached hydrogens (primary N) is 1. The van der Waals surface area contributed by atoms with E-state index < -0.39 is 21.7 Å². The maximum atomic E-state index is 12.7. The molecule has 0 saturated carbocycles. The zero-order valence-corrected chi connectivity index (χ0v) is 26.7. The van der Waals surface area contributed by atoms with Crippen molar-refractivity contribution in [1.29, 1.82) is 0 Å². The van der Waals surface area contributed by atoms with Crippen LogP contribution in [0.3, 0.4) is 0 Å². The lowest BCUT2D eigenvalue weighted by Crippen LogP contribution is -2.13. The first-order valence-electron chi connectivity index (χ1n) is 14.4. The number of ether oxygens (including phenoxy) is 2. The minimum absolute atomic E-state index is 0.000900. The molecule has 0 aliphatic carbocycles. The first-order chi connectivity index (χ1) is 24.2. The van der Waals surface area contributed by atoms with E-state index in [4.69, 9.17) is 20.5 Å². The number of aromatic carboxylic acids is 1. The minimum atomic E-state index is -1.16. The van der Waals surface area contributed by atoms with Crippen molar-refractivity contribution in [3.05, 3.63) is 164 Å². The van der Waals surface area contributed by atoms with Crippen LogP contribution in [0, 0.1) is 20.2 Å². The van der Waals surface area contributed by atoms with Crippen LogP contribution < -0.4 is 20.7 Å². The van der Waals surface area contributed by atoms with Crippen molar-refractivity contribution in [3.63, 3.8) is 0 Å². The molecular formula is C34H28N4O11S. The van der Waals surface area contributed by atoms with E-state index in [-0.39, 0.29) is 47.2 Å². The van der Waals surface area contributed by atoms with Crippen LogP contribution >= 0.6 is 12.0 Å². The highest BCUT2D eigenvalue weighted by atomic mass is 32.2. The highest BCUT2D eigenvalue weighted by Crippen LogP contribution is 2.32. The van der Waals surface area contributed by atoms with Crippen LogP contribution in [-0.4, -0.2) is 26.8 Å². The zero-order chi connectivity index (χ0) is 35.9. The maximum absolute atomic E-state index is 12.7. The predicted molar refractivity (Wildman–Crippen MR) is 181 cm³/mol. The summed E-state index contributed by atoms with van der Waals surface area (Å²) in [5.41, 5.74) is 1.78. The number of rotatable bonds is 14. The largest absolute Gasteiger partial charge is 0.482 e. The van der Waals surface area contributed by atoms with Gasteiger partial charge < -0.3 is 19.9 Å². The second kappa shape index (κ2) is 18.3. The van der Waals surface area contributed by atoms with E-state index in [1.807, 2.05) is 60.7 Å². The van der Waals surface area contributed by atoms with E-state index >= 15 is 0 Å². The summed E-state index contributed by atoms with van der Waals surface area (Å²) < 4.78 is 15.6. The standard InChI is InChI=1S/C20H17N3O6S.C14H11NO5/c21-28-29-30-19-9-5-4-8-16(19)22-20(24)15-10-11-17(23(25)26)18(12-15)27-13-14-6-2-1-3-7-14;16-14(17)11-6-7-12(15(18)19)13(8-11)20-9-10-4-2-1-3-5-10/h1-12H,13,21H2,(H,22,24);1-8H,9H2,(H,16,17). The van der Waals surface area contributed by atoms with Crippen LogP contribution in [0.2, 0.25) is 0 Å². The van der Waals surface area contributed by atoms with Crippen LogP contribution in [0.5, 0.6) is 11.5 Å². The van der Waals surface area contributed by atoms with Crippen molar-refractivity contribution in [2.45, 2.75) is 18.1 Å². The number of hydrogen-bond donors (Lipinski definition) is 3.